The van der Waals surface area contributed by atoms with Crippen molar-refractivity contribution in [3.8, 4) is 5.75 Å². The second-order valence-corrected chi connectivity index (χ2v) is 9.40. The molecule has 8 nitrogen and oxygen atoms in total. The fraction of sp³-hybridized carbons (Fsp3) is 0.233. The van der Waals surface area contributed by atoms with Gasteiger partial charge in [0, 0.05) is 29.8 Å². The molecule has 196 valence electrons. The van der Waals surface area contributed by atoms with E-state index in [2.05, 4.69) is 10.6 Å². The van der Waals surface area contributed by atoms with Crippen LogP contribution in [-0.2, 0) is 4.79 Å². The largest absolute Gasteiger partial charge is 0.495 e. The Morgan fingerprint density at radius 1 is 0.974 bits per heavy atom. The zero-order chi connectivity index (χ0) is 27.2. The van der Waals surface area contributed by atoms with Gasteiger partial charge in [0.1, 0.15) is 17.4 Å². The summed E-state index contributed by atoms with van der Waals surface area (Å²) in [6.07, 6.45) is 0.456. The van der Waals surface area contributed by atoms with E-state index in [1.807, 2.05) is 50.1 Å². The molecular formula is C30H31N3O5. The molecule has 0 aliphatic heterocycles. The van der Waals surface area contributed by atoms with Crippen LogP contribution in [0.1, 0.15) is 30.6 Å². The summed E-state index contributed by atoms with van der Waals surface area (Å²) in [5.41, 5.74) is 2.32. The van der Waals surface area contributed by atoms with E-state index in [-0.39, 0.29) is 17.7 Å². The first-order valence-corrected chi connectivity index (χ1v) is 12.4. The number of carbonyl (C=O) groups excluding carboxylic acids is 2. The lowest BCUT2D eigenvalue weighted by molar-refractivity contribution is -0.118. The van der Waals surface area contributed by atoms with Gasteiger partial charge < -0.3 is 24.7 Å². The average molecular weight is 514 g/mol. The smallest absolute Gasteiger partial charge is 0.338 e. The number of carbonyl (C=O) groups is 2. The van der Waals surface area contributed by atoms with Crippen molar-refractivity contribution >= 4 is 39.8 Å². The van der Waals surface area contributed by atoms with Crippen LogP contribution in [-0.4, -0.2) is 32.0 Å². The normalized spacial score (nSPS) is 11.7. The molecule has 2 amide bonds. The van der Waals surface area contributed by atoms with E-state index in [4.69, 9.17) is 9.15 Å². The highest BCUT2D eigenvalue weighted by atomic mass is 16.5. The number of rotatable bonds is 9. The first kappa shape index (κ1) is 26.5. The lowest BCUT2D eigenvalue weighted by atomic mass is 10.0. The van der Waals surface area contributed by atoms with Crippen LogP contribution in [0.4, 0.5) is 17.1 Å². The zero-order valence-electron chi connectivity index (χ0n) is 21.9. The second-order valence-electron chi connectivity index (χ2n) is 9.40. The van der Waals surface area contributed by atoms with Gasteiger partial charge in [0.25, 0.3) is 5.91 Å². The minimum Gasteiger partial charge on any atom is -0.495 e. The number of benzene rings is 3. The molecule has 4 rings (SSSR count). The Kier molecular flexibility index (Phi) is 8.11. The van der Waals surface area contributed by atoms with Gasteiger partial charge in [0.15, 0.2) is 0 Å². The van der Waals surface area contributed by atoms with Gasteiger partial charge in [-0.1, -0.05) is 44.2 Å². The molecule has 2 N–H and O–H groups in total. The van der Waals surface area contributed by atoms with Crippen LogP contribution in [0, 0.1) is 5.92 Å². The number of nitrogens with zero attached hydrogens (tertiary/aromatic N) is 1. The molecule has 0 saturated carbocycles. The van der Waals surface area contributed by atoms with E-state index in [1.54, 1.807) is 48.5 Å². The Morgan fingerprint density at radius 3 is 2.39 bits per heavy atom. The number of ether oxygens (including phenoxy) is 1. The SMILES string of the molecule is COc1ccc(N(C)c2cc(=O)oc3ccccc23)cc1NC(=O)C(CC(C)C)NC(=O)c1ccccc1. The van der Waals surface area contributed by atoms with Crippen LogP contribution in [0.3, 0.4) is 0 Å². The highest BCUT2D eigenvalue weighted by molar-refractivity contribution is 6.02. The number of hydrogen-bond donors (Lipinski definition) is 2. The summed E-state index contributed by atoms with van der Waals surface area (Å²) in [6.45, 7) is 3.98. The predicted molar refractivity (Wildman–Crippen MR) is 149 cm³/mol. The van der Waals surface area contributed by atoms with Crippen molar-refractivity contribution < 1.29 is 18.7 Å². The third-order valence-electron chi connectivity index (χ3n) is 6.18. The van der Waals surface area contributed by atoms with Crippen molar-refractivity contribution in [2.24, 2.45) is 5.92 Å². The predicted octanol–water partition coefficient (Wildman–Crippen LogP) is 5.35. The molecule has 1 aromatic heterocycles. The lowest BCUT2D eigenvalue weighted by Crippen LogP contribution is -2.44. The van der Waals surface area contributed by atoms with Gasteiger partial charge in [0.2, 0.25) is 5.91 Å². The van der Waals surface area contributed by atoms with Crippen molar-refractivity contribution in [1.82, 2.24) is 5.32 Å². The maximum atomic E-state index is 13.4. The first-order chi connectivity index (χ1) is 18.3. The highest BCUT2D eigenvalue weighted by Gasteiger charge is 2.24. The minimum atomic E-state index is -0.753. The molecule has 4 aromatic rings. The average Bonchev–Trinajstić information content (AvgIpc) is 2.91. The van der Waals surface area contributed by atoms with Gasteiger partial charge in [-0.05, 0) is 54.8 Å². The molecule has 0 aliphatic carbocycles. The third kappa shape index (κ3) is 6.03. The monoisotopic (exact) mass is 513 g/mol. The molecule has 0 aliphatic rings. The number of amides is 2. The van der Waals surface area contributed by atoms with E-state index in [0.29, 0.717) is 40.4 Å². The summed E-state index contributed by atoms with van der Waals surface area (Å²) >= 11 is 0. The van der Waals surface area contributed by atoms with Gasteiger partial charge in [-0.3, -0.25) is 9.59 Å². The summed E-state index contributed by atoms with van der Waals surface area (Å²) in [5, 5.41) is 6.57. The number of hydrogen-bond acceptors (Lipinski definition) is 6. The van der Waals surface area contributed by atoms with Gasteiger partial charge in [-0.2, -0.15) is 0 Å². The first-order valence-electron chi connectivity index (χ1n) is 12.4. The topological polar surface area (TPSA) is 101 Å². The Morgan fingerprint density at radius 2 is 1.68 bits per heavy atom. The molecule has 1 unspecified atom stereocenters. The molecule has 38 heavy (non-hydrogen) atoms. The minimum absolute atomic E-state index is 0.166. The molecule has 0 fully saturated rings. The maximum Gasteiger partial charge on any atom is 0.338 e. The summed E-state index contributed by atoms with van der Waals surface area (Å²) in [7, 11) is 3.35. The molecule has 8 heteroatoms. The van der Waals surface area contributed by atoms with Crippen LogP contribution >= 0.6 is 0 Å². The van der Waals surface area contributed by atoms with Crippen molar-refractivity contribution in [3.63, 3.8) is 0 Å². The van der Waals surface area contributed by atoms with E-state index in [1.165, 1.54) is 13.2 Å². The standard InChI is InChI=1S/C30H31N3O5/c1-19(2)16-24(32-29(35)20-10-6-5-7-11-20)30(36)31-23-17-21(14-15-27(23)37-4)33(3)25-18-28(34)38-26-13-9-8-12-22(25)26/h5-15,17-19,24H,16H2,1-4H3,(H,31,36)(H,32,35). The molecule has 3 aromatic carbocycles. The fourth-order valence-corrected chi connectivity index (χ4v) is 4.27. The molecule has 0 spiro atoms. The summed E-state index contributed by atoms with van der Waals surface area (Å²) in [4.78, 5) is 40.2. The van der Waals surface area contributed by atoms with Crippen LogP contribution in [0.2, 0.25) is 0 Å². The fourth-order valence-electron chi connectivity index (χ4n) is 4.27. The molecule has 1 heterocycles. The van der Waals surface area contributed by atoms with Crippen LogP contribution < -0.4 is 25.9 Å². The molecule has 0 bridgehead atoms. The molecular weight excluding hydrogens is 482 g/mol. The maximum absolute atomic E-state index is 13.4. The van der Waals surface area contributed by atoms with Gasteiger partial charge >= 0.3 is 5.63 Å². The second kappa shape index (κ2) is 11.6. The van der Waals surface area contributed by atoms with Crippen molar-refractivity contribution in [2.45, 2.75) is 26.3 Å². The van der Waals surface area contributed by atoms with Gasteiger partial charge in [-0.15, -0.1) is 0 Å². The number of nitrogens with one attached hydrogen (secondary N) is 2. The third-order valence-corrected chi connectivity index (χ3v) is 6.18. The Balaban J connectivity index is 1.62. The molecule has 1 atom stereocenters. The Hall–Kier alpha value is -4.59. The quantitative estimate of drug-likeness (QED) is 0.293. The summed E-state index contributed by atoms with van der Waals surface area (Å²) < 4.78 is 10.8. The highest BCUT2D eigenvalue weighted by Crippen LogP contribution is 2.35. The van der Waals surface area contributed by atoms with E-state index >= 15 is 0 Å². The molecule has 0 radical (unpaired) electrons. The number of para-hydroxylation sites is 1. The number of methoxy groups -OCH3 is 1. The van der Waals surface area contributed by atoms with E-state index in [0.717, 1.165) is 5.39 Å². The van der Waals surface area contributed by atoms with Crippen molar-refractivity contribution in [3.05, 3.63) is 94.8 Å². The molecule has 0 saturated heterocycles. The summed E-state index contributed by atoms with van der Waals surface area (Å²) in [6, 6.07) is 22.1. The van der Waals surface area contributed by atoms with E-state index in [9.17, 15) is 14.4 Å². The summed E-state index contributed by atoms with van der Waals surface area (Å²) in [5.74, 6) is -0.0432. The number of anilines is 3. The lowest BCUT2D eigenvalue weighted by Gasteiger charge is -2.24. The van der Waals surface area contributed by atoms with Crippen LogP contribution in [0.25, 0.3) is 11.0 Å². The number of fused-ring (bicyclic) bond motifs is 1. The Bertz CT molecular complexity index is 1500. The van der Waals surface area contributed by atoms with Gasteiger partial charge in [-0.25, -0.2) is 4.79 Å². The van der Waals surface area contributed by atoms with Crippen LogP contribution in [0.5, 0.6) is 5.75 Å². The van der Waals surface area contributed by atoms with Crippen LogP contribution in [0.15, 0.2) is 88.1 Å². The van der Waals surface area contributed by atoms with E-state index < -0.39 is 11.7 Å². The van der Waals surface area contributed by atoms with Crippen molar-refractivity contribution in [2.75, 3.05) is 24.4 Å². The Labute approximate surface area is 221 Å². The zero-order valence-corrected chi connectivity index (χ0v) is 21.9. The van der Waals surface area contributed by atoms with Crippen molar-refractivity contribution in [1.29, 1.82) is 0 Å². The van der Waals surface area contributed by atoms with Gasteiger partial charge in [0.05, 0.1) is 18.5 Å².